The maximum atomic E-state index is 12.8. The van der Waals surface area contributed by atoms with Crippen molar-refractivity contribution in [2.45, 2.75) is 239 Å². The van der Waals surface area contributed by atoms with E-state index in [1.807, 2.05) is 0 Å². The maximum Gasteiger partial charge on any atom is 0.306 e. The Morgan fingerprint density at radius 1 is 0.318 bits per heavy atom. The predicted octanol–water partition coefficient (Wildman–Crippen LogP) is 17.9. The highest BCUT2D eigenvalue weighted by Crippen LogP contribution is 2.13. The second-order valence-corrected chi connectivity index (χ2v) is 17.4. The number of carbonyl (C=O) groups excluding carboxylic acids is 3. The van der Waals surface area contributed by atoms with Crippen molar-refractivity contribution in [1.82, 2.24) is 0 Å². The van der Waals surface area contributed by atoms with Crippen LogP contribution in [0.2, 0.25) is 0 Å². The Kier molecular flexibility index (Phi) is 50.5. The summed E-state index contributed by atoms with van der Waals surface area (Å²) < 4.78 is 16.8. The summed E-state index contributed by atoms with van der Waals surface area (Å²) in [4.78, 5) is 38.1. The summed E-state index contributed by atoms with van der Waals surface area (Å²) in [5.41, 5.74) is 0. The number of carbonyl (C=O) groups is 3. The normalized spacial score (nSPS) is 13.0. The van der Waals surface area contributed by atoms with Gasteiger partial charge in [0.1, 0.15) is 13.2 Å². The Morgan fingerprint density at radius 3 is 0.970 bits per heavy atom. The summed E-state index contributed by atoms with van der Waals surface area (Å²) >= 11 is 0. The van der Waals surface area contributed by atoms with Crippen LogP contribution in [-0.4, -0.2) is 37.2 Å². The number of rotatable bonds is 47. The Hall–Kier alpha value is -3.93. The maximum absolute atomic E-state index is 12.8. The fraction of sp³-hybridized carbons (Fsp3) is 0.650. The first-order valence-electron chi connectivity index (χ1n) is 26.9. The minimum absolute atomic E-state index is 0.109. The van der Waals surface area contributed by atoms with E-state index in [0.29, 0.717) is 25.7 Å². The summed E-state index contributed by atoms with van der Waals surface area (Å²) in [7, 11) is 0. The molecule has 374 valence electrons. The van der Waals surface area contributed by atoms with Crippen LogP contribution in [-0.2, 0) is 28.6 Å². The Balaban J connectivity index is 4.52. The van der Waals surface area contributed by atoms with Crippen LogP contribution < -0.4 is 0 Å². The smallest absolute Gasteiger partial charge is 0.306 e. The highest BCUT2D eigenvalue weighted by Gasteiger charge is 2.19. The van der Waals surface area contributed by atoms with Crippen molar-refractivity contribution in [3.63, 3.8) is 0 Å². The van der Waals surface area contributed by atoms with Gasteiger partial charge in [-0.15, -0.1) is 0 Å². The molecule has 0 aromatic rings. The Bertz CT molecular complexity index is 1370. The number of hydrogen-bond donors (Lipinski definition) is 0. The van der Waals surface area contributed by atoms with Gasteiger partial charge in [-0.2, -0.15) is 0 Å². The molecule has 0 aliphatic heterocycles. The van der Waals surface area contributed by atoms with E-state index in [1.165, 1.54) is 57.8 Å². The molecule has 0 aliphatic carbocycles. The molecule has 1 atom stereocenters. The van der Waals surface area contributed by atoms with E-state index in [4.69, 9.17) is 14.2 Å². The van der Waals surface area contributed by atoms with Crippen molar-refractivity contribution in [2.75, 3.05) is 13.2 Å². The van der Waals surface area contributed by atoms with Gasteiger partial charge in [0.2, 0.25) is 0 Å². The molecule has 0 N–H and O–H groups in total. The molecule has 6 heteroatoms. The van der Waals surface area contributed by atoms with Crippen LogP contribution in [0.1, 0.15) is 233 Å². The molecule has 1 unspecified atom stereocenters. The van der Waals surface area contributed by atoms with Gasteiger partial charge in [-0.05, 0) is 122 Å². The molecule has 0 saturated carbocycles. The molecular weight excluding hydrogens is 817 g/mol. The number of allylic oxidation sites excluding steroid dienone is 18. The van der Waals surface area contributed by atoms with Gasteiger partial charge in [0.05, 0.1) is 0 Å². The lowest BCUT2D eigenvalue weighted by molar-refractivity contribution is -0.167. The van der Waals surface area contributed by atoms with Crippen molar-refractivity contribution in [3.05, 3.63) is 109 Å². The largest absolute Gasteiger partial charge is 0.462 e. The summed E-state index contributed by atoms with van der Waals surface area (Å²) in [5.74, 6) is -0.984. The van der Waals surface area contributed by atoms with Gasteiger partial charge in [-0.25, -0.2) is 0 Å². The highest BCUT2D eigenvalue weighted by molar-refractivity contribution is 5.71. The van der Waals surface area contributed by atoms with Gasteiger partial charge in [0, 0.05) is 19.3 Å². The number of ether oxygens (including phenoxy) is 3. The first kappa shape index (κ1) is 62.1. The van der Waals surface area contributed by atoms with Gasteiger partial charge in [-0.1, -0.05) is 201 Å². The fourth-order valence-electron chi connectivity index (χ4n) is 7.01. The minimum Gasteiger partial charge on any atom is -0.462 e. The van der Waals surface area contributed by atoms with E-state index in [2.05, 4.69) is 130 Å². The number of hydrogen-bond acceptors (Lipinski definition) is 6. The molecule has 6 nitrogen and oxygen atoms in total. The van der Waals surface area contributed by atoms with E-state index >= 15 is 0 Å². The van der Waals surface area contributed by atoms with E-state index in [-0.39, 0.29) is 31.1 Å². The summed E-state index contributed by atoms with van der Waals surface area (Å²) in [6.07, 6.45) is 72.2. The topological polar surface area (TPSA) is 78.9 Å². The van der Waals surface area contributed by atoms with Gasteiger partial charge >= 0.3 is 17.9 Å². The van der Waals surface area contributed by atoms with E-state index in [9.17, 15) is 14.4 Å². The van der Waals surface area contributed by atoms with Gasteiger partial charge in [-0.3, -0.25) is 14.4 Å². The molecule has 0 rings (SSSR count). The summed E-state index contributed by atoms with van der Waals surface area (Å²) in [6.45, 7) is 6.34. The zero-order valence-electron chi connectivity index (χ0n) is 42.7. The standard InChI is InChI=1S/C60H98O6/c1-4-7-10-13-16-19-22-25-28-30-33-35-38-41-44-47-50-53-59(62)65-56-57(55-64-58(61)52-49-46-43-40-37-34-31-27-24-21-18-15-12-9-6-3)66-60(63)54-51-48-45-42-39-36-32-29-26-23-20-17-14-11-8-5-2/h7,9-10,12,16,18-19,21,25,27-29,31-33,35,37,40,57H,4-6,8,11,13-15,17,20,22-24,26,30,34,36,38-39,41-56H2,1-3H3/b10-7-,12-9-,19-16-,21-18-,28-25-,31-27-,32-29-,35-33-,40-37-. The van der Waals surface area contributed by atoms with Crippen molar-refractivity contribution in [1.29, 1.82) is 0 Å². The molecule has 66 heavy (non-hydrogen) atoms. The monoisotopic (exact) mass is 915 g/mol. The third-order valence-corrected chi connectivity index (χ3v) is 11.0. The number of esters is 3. The molecule has 0 aromatic heterocycles. The Morgan fingerprint density at radius 2 is 0.591 bits per heavy atom. The van der Waals surface area contributed by atoms with Gasteiger partial charge in [0.25, 0.3) is 0 Å². The van der Waals surface area contributed by atoms with Crippen LogP contribution >= 0.6 is 0 Å². The summed E-state index contributed by atoms with van der Waals surface area (Å²) in [6, 6.07) is 0. The van der Waals surface area contributed by atoms with Crippen molar-refractivity contribution < 1.29 is 28.6 Å². The Labute approximate surface area is 406 Å². The first-order valence-corrected chi connectivity index (χ1v) is 26.9. The van der Waals surface area contributed by atoms with Crippen LogP contribution in [0, 0.1) is 0 Å². The quantitative estimate of drug-likeness (QED) is 0.0262. The second-order valence-electron chi connectivity index (χ2n) is 17.4. The fourth-order valence-corrected chi connectivity index (χ4v) is 7.01. The SMILES string of the molecule is CC/C=C\C/C=C\C/C=C\C/C=C\CCCCCCC(=O)OCC(COC(=O)CCCC/C=C\C/C=C\C/C=C\C/C=C\CC)OC(=O)CCCCCCC/C=C\CCCCCCCCC. The molecule has 0 heterocycles. The van der Waals surface area contributed by atoms with E-state index < -0.39 is 6.10 Å². The molecule has 0 aromatic carbocycles. The van der Waals surface area contributed by atoms with Gasteiger partial charge < -0.3 is 14.2 Å². The van der Waals surface area contributed by atoms with Gasteiger partial charge in [0.15, 0.2) is 6.10 Å². The lowest BCUT2D eigenvalue weighted by atomic mass is 10.1. The highest BCUT2D eigenvalue weighted by atomic mass is 16.6. The molecule has 0 aliphatic rings. The average molecular weight is 915 g/mol. The van der Waals surface area contributed by atoms with Crippen molar-refractivity contribution >= 4 is 17.9 Å². The minimum atomic E-state index is -0.811. The zero-order valence-corrected chi connectivity index (χ0v) is 42.7. The molecule has 0 spiro atoms. The predicted molar refractivity (Wildman–Crippen MR) is 283 cm³/mol. The first-order chi connectivity index (χ1) is 32.5. The van der Waals surface area contributed by atoms with E-state index in [0.717, 1.165) is 128 Å². The third-order valence-electron chi connectivity index (χ3n) is 11.0. The molecule has 0 fully saturated rings. The molecule has 0 amide bonds. The van der Waals surface area contributed by atoms with Crippen LogP contribution in [0.15, 0.2) is 109 Å². The summed E-state index contributed by atoms with van der Waals surface area (Å²) in [5, 5.41) is 0. The van der Waals surface area contributed by atoms with Crippen LogP contribution in [0.25, 0.3) is 0 Å². The molecular formula is C60H98O6. The van der Waals surface area contributed by atoms with Crippen LogP contribution in [0.4, 0.5) is 0 Å². The van der Waals surface area contributed by atoms with Crippen molar-refractivity contribution in [2.24, 2.45) is 0 Å². The van der Waals surface area contributed by atoms with Crippen LogP contribution in [0.5, 0.6) is 0 Å². The van der Waals surface area contributed by atoms with Crippen molar-refractivity contribution in [3.8, 4) is 0 Å². The third kappa shape index (κ3) is 51.1. The number of unbranched alkanes of at least 4 members (excludes halogenated alkanes) is 18. The molecule has 0 radical (unpaired) electrons. The van der Waals surface area contributed by atoms with Crippen LogP contribution in [0.3, 0.4) is 0 Å². The molecule has 0 saturated heterocycles. The molecule has 0 bridgehead atoms. The average Bonchev–Trinajstić information content (AvgIpc) is 3.31. The lowest BCUT2D eigenvalue weighted by Gasteiger charge is -2.18. The zero-order chi connectivity index (χ0) is 47.9. The lowest BCUT2D eigenvalue weighted by Crippen LogP contribution is -2.30. The second kappa shape index (κ2) is 53.7. The van der Waals surface area contributed by atoms with E-state index in [1.54, 1.807) is 0 Å².